The molecule has 0 radical (unpaired) electrons. The molecule has 2 aromatic heterocycles. The summed E-state index contributed by atoms with van der Waals surface area (Å²) in [5.74, 6) is 1.79. The fourth-order valence-electron chi connectivity index (χ4n) is 4.58. The number of rotatable bonds is 4. The van der Waals surface area contributed by atoms with Gasteiger partial charge in [-0.05, 0) is 44.1 Å². The van der Waals surface area contributed by atoms with E-state index in [1.807, 2.05) is 12.1 Å². The summed E-state index contributed by atoms with van der Waals surface area (Å²) in [6.07, 6.45) is 7.19. The molecule has 1 amide bonds. The first-order valence-electron chi connectivity index (χ1n) is 10.8. The van der Waals surface area contributed by atoms with Crippen LogP contribution in [0.5, 0.6) is 0 Å². The van der Waals surface area contributed by atoms with Crippen molar-refractivity contribution in [1.82, 2.24) is 15.3 Å². The largest absolute Gasteiger partial charge is 0.354 e. The summed E-state index contributed by atoms with van der Waals surface area (Å²) < 4.78 is 0. The van der Waals surface area contributed by atoms with Crippen molar-refractivity contribution >= 4 is 28.4 Å². The number of carbonyl (C=O) groups is 2. The van der Waals surface area contributed by atoms with Crippen LogP contribution in [0.3, 0.4) is 0 Å². The average Bonchev–Trinajstić information content (AvgIpc) is 2.82. The van der Waals surface area contributed by atoms with E-state index in [2.05, 4.69) is 41.0 Å². The molecule has 6 heteroatoms. The second-order valence-electron chi connectivity index (χ2n) is 8.93. The van der Waals surface area contributed by atoms with Gasteiger partial charge in [0, 0.05) is 55.3 Å². The number of aromatic nitrogens is 2. The molecule has 2 fully saturated rings. The Kier molecular flexibility index (Phi) is 5.52. The van der Waals surface area contributed by atoms with Gasteiger partial charge in [-0.15, -0.1) is 0 Å². The lowest BCUT2D eigenvalue weighted by Crippen LogP contribution is -2.46. The first kappa shape index (κ1) is 19.8. The third-order valence-electron chi connectivity index (χ3n) is 6.67. The number of hydrogen-bond donors (Lipinski definition) is 1. The molecule has 1 aliphatic carbocycles. The maximum atomic E-state index is 12.7. The van der Waals surface area contributed by atoms with Crippen LogP contribution in [-0.2, 0) is 4.79 Å². The SMILES string of the molecule is CC1CCC(=O)[C@@H](CNC(=O)c2cnc3cc(N4CC[C@@H]4C)ncc3c2)[C@H](C)C1. The summed E-state index contributed by atoms with van der Waals surface area (Å²) in [6.45, 7) is 7.94. The average molecular weight is 395 g/mol. The highest BCUT2D eigenvalue weighted by Gasteiger charge is 2.30. The van der Waals surface area contributed by atoms with Crippen molar-refractivity contribution in [3.05, 3.63) is 30.1 Å². The van der Waals surface area contributed by atoms with Crippen molar-refractivity contribution in [2.75, 3.05) is 18.0 Å². The van der Waals surface area contributed by atoms with Gasteiger partial charge in [-0.1, -0.05) is 13.8 Å². The highest BCUT2D eigenvalue weighted by Crippen LogP contribution is 2.29. The van der Waals surface area contributed by atoms with Crippen LogP contribution in [0.1, 0.15) is 56.8 Å². The van der Waals surface area contributed by atoms with Crippen LogP contribution in [0.25, 0.3) is 10.9 Å². The highest BCUT2D eigenvalue weighted by atomic mass is 16.2. The Labute approximate surface area is 172 Å². The molecule has 2 aromatic rings. The van der Waals surface area contributed by atoms with Crippen molar-refractivity contribution < 1.29 is 9.59 Å². The van der Waals surface area contributed by atoms with Gasteiger partial charge in [-0.25, -0.2) is 4.98 Å². The molecule has 154 valence electrons. The summed E-state index contributed by atoms with van der Waals surface area (Å²) in [6, 6.07) is 4.33. The number of fused-ring (bicyclic) bond motifs is 1. The van der Waals surface area contributed by atoms with E-state index < -0.39 is 0 Å². The number of hydrogen-bond acceptors (Lipinski definition) is 5. The number of amides is 1. The lowest BCUT2D eigenvalue weighted by atomic mass is 9.87. The maximum Gasteiger partial charge on any atom is 0.252 e. The third-order valence-corrected chi connectivity index (χ3v) is 6.67. The lowest BCUT2D eigenvalue weighted by Gasteiger charge is -2.39. The Morgan fingerprint density at radius 2 is 2.00 bits per heavy atom. The molecule has 1 aliphatic heterocycles. The van der Waals surface area contributed by atoms with Gasteiger partial charge >= 0.3 is 0 Å². The summed E-state index contributed by atoms with van der Waals surface area (Å²) in [7, 11) is 0. The van der Waals surface area contributed by atoms with E-state index in [1.165, 1.54) is 6.42 Å². The number of carbonyl (C=O) groups excluding carboxylic acids is 2. The molecule has 4 rings (SSSR count). The molecule has 4 atom stereocenters. The molecule has 1 saturated carbocycles. The van der Waals surface area contributed by atoms with Gasteiger partial charge in [0.05, 0.1) is 11.1 Å². The third kappa shape index (κ3) is 4.11. The lowest BCUT2D eigenvalue weighted by molar-refractivity contribution is -0.123. The highest BCUT2D eigenvalue weighted by molar-refractivity contribution is 5.97. The van der Waals surface area contributed by atoms with Gasteiger partial charge in [-0.3, -0.25) is 14.6 Å². The monoisotopic (exact) mass is 394 g/mol. The summed E-state index contributed by atoms with van der Waals surface area (Å²) in [4.78, 5) is 36.4. The summed E-state index contributed by atoms with van der Waals surface area (Å²) >= 11 is 0. The minimum Gasteiger partial charge on any atom is -0.354 e. The van der Waals surface area contributed by atoms with Crippen molar-refractivity contribution in [2.24, 2.45) is 17.8 Å². The van der Waals surface area contributed by atoms with Crippen LogP contribution in [0.4, 0.5) is 5.82 Å². The number of nitrogens with one attached hydrogen (secondary N) is 1. The normalized spacial score (nSPS) is 27.4. The topological polar surface area (TPSA) is 75.2 Å². The predicted octanol–water partition coefficient (Wildman–Crippen LogP) is 3.60. The smallest absolute Gasteiger partial charge is 0.252 e. The number of ketones is 1. The molecule has 2 aliphatic rings. The zero-order chi connectivity index (χ0) is 20.5. The van der Waals surface area contributed by atoms with Crippen LogP contribution in [0.15, 0.2) is 24.5 Å². The van der Waals surface area contributed by atoms with Crippen LogP contribution >= 0.6 is 0 Å². The molecule has 29 heavy (non-hydrogen) atoms. The van der Waals surface area contributed by atoms with Crippen molar-refractivity contribution in [3.8, 4) is 0 Å². The number of anilines is 1. The van der Waals surface area contributed by atoms with Crippen molar-refractivity contribution in [2.45, 2.75) is 52.5 Å². The molecule has 1 N–H and O–H groups in total. The van der Waals surface area contributed by atoms with Gasteiger partial charge in [-0.2, -0.15) is 0 Å². The zero-order valence-corrected chi connectivity index (χ0v) is 17.5. The first-order valence-corrected chi connectivity index (χ1v) is 10.8. The molecule has 6 nitrogen and oxygen atoms in total. The van der Waals surface area contributed by atoms with Gasteiger partial charge in [0.25, 0.3) is 5.91 Å². The molecule has 1 unspecified atom stereocenters. The second-order valence-corrected chi connectivity index (χ2v) is 8.93. The second kappa shape index (κ2) is 8.09. The van der Waals surface area contributed by atoms with E-state index in [1.54, 1.807) is 12.4 Å². The zero-order valence-electron chi connectivity index (χ0n) is 17.5. The predicted molar refractivity (Wildman–Crippen MR) is 114 cm³/mol. The van der Waals surface area contributed by atoms with Gasteiger partial charge < -0.3 is 10.2 Å². The first-order chi connectivity index (χ1) is 13.9. The Balaban J connectivity index is 1.44. The van der Waals surface area contributed by atoms with Gasteiger partial charge in [0.1, 0.15) is 11.6 Å². The van der Waals surface area contributed by atoms with E-state index in [9.17, 15) is 9.59 Å². The standard InChI is InChI=1S/C23H30N4O2/c1-14-4-5-21(28)19(15(2)8-14)13-26-23(29)18-9-17-11-25-22(10-20(17)24-12-18)27-7-6-16(27)3/h9-12,14-16,19H,4-8,13H2,1-3H3,(H,26,29)/t14?,15-,16+,19+/m1/s1. The molecular formula is C23H30N4O2. The van der Waals surface area contributed by atoms with Crippen molar-refractivity contribution in [3.63, 3.8) is 0 Å². The molecule has 0 aromatic carbocycles. The Hall–Kier alpha value is -2.50. The Morgan fingerprint density at radius 3 is 2.72 bits per heavy atom. The van der Waals surface area contributed by atoms with E-state index in [4.69, 9.17) is 0 Å². The molecule has 1 saturated heterocycles. The Morgan fingerprint density at radius 1 is 1.17 bits per heavy atom. The number of nitrogens with zero attached hydrogens (tertiary/aromatic N) is 3. The van der Waals surface area contributed by atoms with Crippen molar-refractivity contribution in [1.29, 1.82) is 0 Å². The van der Waals surface area contributed by atoms with Gasteiger partial charge in [0.15, 0.2) is 0 Å². The fourth-order valence-corrected chi connectivity index (χ4v) is 4.58. The summed E-state index contributed by atoms with van der Waals surface area (Å²) in [5, 5.41) is 3.81. The fraction of sp³-hybridized carbons (Fsp3) is 0.565. The van der Waals surface area contributed by atoms with E-state index in [0.717, 1.165) is 36.1 Å². The van der Waals surface area contributed by atoms with Crippen LogP contribution in [-0.4, -0.2) is 40.8 Å². The van der Waals surface area contributed by atoms with Gasteiger partial charge in [0.2, 0.25) is 0 Å². The van der Waals surface area contributed by atoms with Crippen LogP contribution in [0, 0.1) is 17.8 Å². The minimum atomic E-state index is -0.183. The Bertz CT molecular complexity index is 928. The number of Topliss-reactive ketones (excluding diaryl/α,β-unsaturated/α-hetero) is 1. The van der Waals surface area contributed by atoms with E-state index >= 15 is 0 Å². The summed E-state index contributed by atoms with van der Waals surface area (Å²) in [5.41, 5.74) is 1.35. The minimum absolute atomic E-state index is 0.0972. The van der Waals surface area contributed by atoms with E-state index in [0.29, 0.717) is 36.4 Å². The van der Waals surface area contributed by atoms with Crippen LogP contribution in [0.2, 0.25) is 0 Å². The van der Waals surface area contributed by atoms with Crippen LogP contribution < -0.4 is 10.2 Å². The number of pyridine rings is 2. The van der Waals surface area contributed by atoms with E-state index in [-0.39, 0.29) is 17.6 Å². The molecular weight excluding hydrogens is 364 g/mol. The quantitative estimate of drug-likeness (QED) is 0.802. The molecule has 3 heterocycles. The molecule has 0 bridgehead atoms. The maximum absolute atomic E-state index is 12.7. The molecule has 0 spiro atoms.